The summed E-state index contributed by atoms with van der Waals surface area (Å²) in [4.78, 5) is 32.0. The second-order valence-electron chi connectivity index (χ2n) is 15.2. The smallest absolute Gasteiger partial charge is 0.307 e. The number of unbranched alkanes of at least 4 members (excludes halogenated alkanes) is 16. The van der Waals surface area contributed by atoms with Gasteiger partial charge in [0.15, 0.2) is 6.73 Å². The quantitative estimate of drug-likeness (QED) is 0.0678. The summed E-state index contributed by atoms with van der Waals surface area (Å²) in [6.07, 6.45) is 24.8. The molecule has 1 aromatic heterocycles. The van der Waals surface area contributed by atoms with Gasteiger partial charge in [-0.3, -0.25) is 19.4 Å². The van der Waals surface area contributed by atoms with Crippen molar-refractivity contribution in [3.63, 3.8) is 0 Å². The van der Waals surface area contributed by atoms with Crippen molar-refractivity contribution < 1.29 is 18.7 Å². The number of carbonyl (C=O) groups excluding carboxylic acids is 2. The van der Waals surface area contributed by atoms with Gasteiger partial charge in [0.2, 0.25) is 5.91 Å². The Balaban J connectivity index is 0.929. The van der Waals surface area contributed by atoms with Crippen molar-refractivity contribution in [2.45, 2.75) is 142 Å². The molecule has 0 bridgehead atoms. The number of ether oxygens (including phenoxy) is 1. The van der Waals surface area contributed by atoms with Gasteiger partial charge in [-0.1, -0.05) is 122 Å². The van der Waals surface area contributed by atoms with Crippen molar-refractivity contribution in [3.05, 3.63) is 58.7 Å². The number of rotatable bonds is 24. The topological polar surface area (TPSA) is 53.1 Å². The number of benzene rings is 2. The zero-order valence-electron chi connectivity index (χ0n) is 32.0. The predicted octanol–water partition coefficient (Wildman–Crippen LogP) is 11.2. The van der Waals surface area contributed by atoms with Gasteiger partial charge in [0, 0.05) is 61.3 Å². The minimum Gasteiger partial charge on any atom is -0.444 e. The summed E-state index contributed by atoms with van der Waals surface area (Å²) in [5.74, 6) is -0.370. The van der Waals surface area contributed by atoms with Gasteiger partial charge >= 0.3 is 5.97 Å². The second kappa shape index (κ2) is 22.3. The number of nitrogens with zero attached hydrogens (tertiary/aromatic N) is 3. The van der Waals surface area contributed by atoms with Crippen LogP contribution in [0.4, 0.5) is 15.8 Å². The molecule has 0 spiro atoms. The number of carbonyl (C=O) groups is 2. The van der Waals surface area contributed by atoms with Gasteiger partial charge in [-0.2, -0.15) is 0 Å². The largest absolute Gasteiger partial charge is 0.444 e. The first kappa shape index (κ1) is 40.2. The monoisotopic (exact) mass is 733 g/mol. The van der Waals surface area contributed by atoms with Gasteiger partial charge < -0.3 is 9.64 Å². The molecule has 286 valence electrons. The molecule has 1 amide bonds. The van der Waals surface area contributed by atoms with Crippen molar-refractivity contribution in [2.24, 2.45) is 0 Å². The van der Waals surface area contributed by atoms with Gasteiger partial charge in [-0.25, -0.2) is 4.39 Å². The van der Waals surface area contributed by atoms with E-state index in [1.165, 1.54) is 102 Å². The van der Waals surface area contributed by atoms with Crippen LogP contribution in [0.25, 0.3) is 10.1 Å². The number of hydrogen-bond acceptors (Lipinski definition) is 6. The molecule has 6 nitrogen and oxygen atoms in total. The minimum atomic E-state index is -0.214. The Labute approximate surface area is 317 Å². The molecule has 1 fully saturated rings. The van der Waals surface area contributed by atoms with E-state index < -0.39 is 0 Å². The lowest BCUT2D eigenvalue weighted by Crippen LogP contribution is -2.47. The van der Waals surface area contributed by atoms with E-state index in [9.17, 15) is 14.0 Å². The van der Waals surface area contributed by atoms with Gasteiger partial charge in [0.1, 0.15) is 5.82 Å². The summed E-state index contributed by atoms with van der Waals surface area (Å²) >= 11 is 1.58. The van der Waals surface area contributed by atoms with E-state index in [2.05, 4.69) is 41.0 Å². The van der Waals surface area contributed by atoms with Crippen molar-refractivity contribution in [1.82, 2.24) is 4.90 Å². The number of piperazine rings is 1. The van der Waals surface area contributed by atoms with E-state index in [1.54, 1.807) is 28.4 Å². The summed E-state index contributed by atoms with van der Waals surface area (Å²) in [5.41, 5.74) is 4.20. The normalized spacial score (nSPS) is 15.1. The van der Waals surface area contributed by atoms with Gasteiger partial charge in [0.05, 0.1) is 5.69 Å². The molecule has 2 aliphatic heterocycles. The Kier molecular flexibility index (Phi) is 17.2. The van der Waals surface area contributed by atoms with E-state index >= 15 is 0 Å². The number of fused-ring (bicyclic) bond motifs is 2. The van der Waals surface area contributed by atoms with Crippen molar-refractivity contribution in [1.29, 1.82) is 0 Å². The van der Waals surface area contributed by atoms with Crippen LogP contribution in [0.3, 0.4) is 0 Å². The van der Waals surface area contributed by atoms with Gasteiger partial charge in [-0.05, 0) is 60.0 Å². The van der Waals surface area contributed by atoms with Crippen LogP contribution in [0.1, 0.15) is 140 Å². The van der Waals surface area contributed by atoms with Crippen LogP contribution in [0.5, 0.6) is 0 Å². The van der Waals surface area contributed by atoms with E-state index in [0.29, 0.717) is 12.8 Å². The number of thiophene rings is 1. The molecule has 2 aromatic carbocycles. The van der Waals surface area contributed by atoms with E-state index in [-0.39, 0.29) is 24.4 Å². The molecule has 0 aliphatic carbocycles. The van der Waals surface area contributed by atoms with E-state index in [0.717, 1.165) is 85.4 Å². The molecular weight excluding hydrogens is 670 g/mol. The first-order valence-corrected chi connectivity index (χ1v) is 21.6. The molecule has 3 heterocycles. The maximum atomic E-state index is 14.3. The molecular formula is C44H64FN3O3S. The van der Waals surface area contributed by atoms with E-state index in [1.807, 2.05) is 5.38 Å². The summed E-state index contributed by atoms with van der Waals surface area (Å²) < 4.78 is 20.9. The Hall–Kier alpha value is -2.97. The molecule has 52 heavy (non-hydrogen) atoms. The highest BCUT2D eigenvalue weighted by atomic mass is 32.1. The molecule has 0 atom stereocenters. The third-order valence-electron chi connectivity index (χ3n) is 11.1. The number of aryl methyl sites for hydroxylation is 1. The maximum Gasteiger partial charge on any atom is 0.307 e. The van der Waals surface area contributed by atoms with Crippen LogP contribution < -0.4 is 9.80 Å². The molecule has 0 saturated carbocycles. The molecule has 0 radical (unpaired) electrons. The Morgan fingerprint density at radius 1 is 0.750 bits per heavy atom. The van der Waals surface area contributed by atoms with Crippen LogP contribution >= 0.6 is 11.3 Å². The fourth-order valence-electron chi connectivity index (χ4n) is 7.86. The highest BCUT2D eigenvalue weighted by Gasteiger charge is 2.26. The standard InChI is InChI=1S/C44H64FN3O3S/c1-2-3-4-5-6-7-8-9-10-11-12-13-14-15-16-17-18-19-44(50)51-35-48-40-32-36(20-21-37(40)22-23-43(48)49)24-26-46-27-29-47(30-28-46)41-33-38(45)34-42-39(41)25-31-52-42/h20-21,25,31-34H,2-19,22-24,26-30,35H2,1H3. The summed E-state index contributed by atoms with van der Waals surface area (Å²) in [6, 6.07) is 11.8. The third kappa shape index (κ3) is 12.9. The first-order valence-electron chi connectivity index (χ1n) is 20.7. The Morgan fingerprint density at radius 3 is 2.04 bits per heavy atom. The van der Waals surface area contributed by atoms with Crippen LogP contribution in [0, 0.1) is 5.82 Å². The lowest BCUT2D eigenvalue weighted by Gasteiger charge is -2.36. The molecule has 3 aromatic rings. The molecule has 8 heteroatoms. The summed E-state index contributed by atoms with van der Waals surface area (Å²) in [7, 11) is 0. The Bertz CT molecular complexity index is 1520. The number of esters is 1. The Morgan fingerprint density at radius 2 is 1.38 bits per heavy atom. The van der Waals surface area contributed by atoms with Gasteiger partial charge in [-0.15, -0.1) is 11.3 Å². The first-order chi connectivity index (χ1) is 25.5. The minimum absolute atomic E-state index is 0.00742. The molecule has 0 unspecified atom stereocenters. The maximum absolute atomic E-state index is 14.3. The van der Waals surface area contributed by atoms with Crippen LogP contribution in [-0.4, -0.2) is 56.2 Å². The fourth-order valence-corrected chi connectivity index (χ4v) is 8.69. The zero-order chi connectivity index (χ0) is 36.4. The summed E-state index contributed by atoms with van der Waals surface area (Å²) in [5, 5.41) is 3.17. The van der Waals surface area contributed by atoms with Crippen molar-refractivity contribution in [2.75, 3.05) is 49.3 Å². The number of amides is 1. The molecule has 0 N–H and O–H groups in total. The second-order valence-corrected chi connectivity index (χ2v) is 16.1. The average Bonchev–Trinajstić information content (AvgIpc) is 3.63. The lowest BCUT2D eigenvalue weighted by atomic mass is 9.98. The van der Waals surface area contributed by atoms with Crippen LogP contribution in [-0.2, 0) is 27.2 Å². The number of anilines is 2. The lowest BCUT2D eigenvalue weighted by molar-refractivity contribution is -0.144. The summed E-state index contributed by atoms with van der Waals surface area (Å²) in [6.45, 7) is 6.78. The molecule has 5 rings (SSSR count). The highest BCUT2D eigenvalue weighted by molar-refractivity contribution is 7.17. The zero-order valence-corrected chi connectivity index (χ0v) is 32.8. The van der Waals surface area contributed by atoms with Crippen molar-refractivity contribution >= 4 is 44.7 Å². The predicted molar refractivity (Wildman–Crippen MR) is 216 cm³/mol. The fraction of sp³-hybridized carbons (Fsp3) is 0.636. The van der Waals surface area contributed by atoms with Crippen molar-refractivity contribution in [3.8, 4) is 0 Å². The van der Waals surface area contributed by atoms with Crippen LogP contribution in [0.2, 0.25) is 0 Å². The highest BCUT2D eigenvalue weighted by Crippen LogP contribution is 2.33. The average molecular weight is 734 g/mol. The van der Waals surface area contributed by atoms with Gasteiger partial charge in [0.25, 0.3) is 0 Å². The third-order valence-corrected chi connectivity index (χ3v) is 12.0. The van der Waals surface area contributed by atoms with Crippen LogP contribution in [0.15, 0.2) is 41.8 Å². The number of halogens is 1. The SMILES string of the molecule is CCCCCCCCCCCCCCCCCCCC(=O)OCN1C(=O)CCc2ccc(CCN3CCN(c4cc(F)cc5sccc45)CC3)cc21. The van der Waals surface area contributed by atoms with E-state index in [4.69, 9.17) is 4.74 Å². The molecule has 2 aliphatic rings. The molecule has 1 saturated heterocycles. The number of hydrogen-bond donors (Lipinski definition) is 0.